The van der Waals surface area contributed by atoms with Crippen LogP contribution in [0, 0.1) is 0 Å². The summed E-state index contributed by atoms with van der Waals surface area (Å²) in [5, 5.41) is 0. The molecule has 2 saturated heterocycles. The lowest BCUT2D eigenvalue weighted by Crippen LogP contribution is -2.45. The number of ether oxygens (including phenoxy) is 1. The predicted octanol–water partition coefficient (Wildman–Crippen LogP) is 2.36. The lowest BCUT2D eigenvalue weighted by Gasteiger charge is -2.29. The first-order chi connectivity index (χ1) is 12.3. The number of carbonyl (C=O) groups is 2. The van der Waals surface area contributed by atoms with Crippen molar-refractivity contribution < 1.29 is 27.5 Å². The van der Waals surface area contributed by atoms with E-state index in [1.165, 1.54) is 4.90 Å². The Labute approximate surface area is 149 Å². The first-order valence-electron chi connectivity index (χ1n) is 8.63. The summed E-state index contributed by atoms with van der Waals surface area (Å²) in [6, 6.07) is 9.14. The van der Waals surface area contributed by atoms with Gasteiger partial charge in [-0.15, -0.1) is 0 Å². The average molecular weight is 370 g/mol. The summed E-state index contributed by atoms with van der Waals surface area (Å²) in [7, 11) is 0. The minimum atomic E-state index is -4.36. The Kier molecular flexibility index (Phi) is 5.50. The second kappa shape index (κ2) is 7.65. The normalized spacial score (nSPS) is 23.7. The van der Waals surface area contributed by atoms with Gasteiger partial charge in [-0.2, -0.15) is 13.2 Å². The van der Waals surface area contributed by atoms with Gasteiger partial charge in [0.05, 0.1) is 31.6 Å². The molecule has 2 atom stereocenters. The maximum absolute atomic E-state index is 12.5. The highest BCUT2D eigenvalue weighted by Crippen LogP contribution is 2.27. The molecule has 1 aromatic rings. The first kappa shape index (κ1) is 18.7. The highest BCUT2D eigenvalue weighted by Gasteiger charge is 2.43. The van der Waals surface area contributed by atoms with Crippen LogP contribution in [0.2, 0.25) is 0 Å². The molecule has 0 spiro atoms. The third-order valence-electron chi connectivity index (χ3n) is 4.78. The monoisotopic (exact) mass is 370 g/mol. The van der Waals surface area contributed by atoms with Crippen molar-refractivity contribution in [2.75, 3.05) is 19.7 Å². The fraction of sp³-hybridized carbons (Fsp3) is 0.556. The van der Waals surface area contributed by atoms with Gasteiger partial charge < -0.3 is 14.5 Å². The Bertz CT molecular complexity index is 651. The largest absolute Gasteiger partial charge is 0.389 e. The van der Waals surface area contributed by atoms with Crippen molar-refractivity contribution in [2.24, 2.45) is 0 Å². The van der Waals surface area contributed by atoms with Crippen LogP contribution in [0.5, 0.6) is 0 Å². The summed E-state index contributed by atoms with van der Waals surface area (Å²) in [5.74, 6) is -0.614. The average Bonchev–Trinajstić information content (AvgIpc) is 2.96. The molecule has 5 nitrogen and oxygen atoms in total. The number of fused-ring (bicyclic) bond motifs is 1. The van der Waals surface area contributed by atoms with E-state index in [-0.39, 0.29) is 44.2 Å². The maximum atomic E-state index is 12.5. The second-order valence-corrected chi connectivity index (χ2v) is 6.65. The fourth-order valence-corrected chi connectivity index (χ4v) is 3.44. The van der Waals surface area contributed by atoms with Gasteiger partial charge in [-0.3, -0.25) is 9.59 Å². The van der Waals surface area contributed by atoms with E-state index >= 15 is 0 Å². The van der Waals surface area contributed by atoms with E-state index in [2.05, 4.69) is 0 Å². The second-order valence-electron chi connectivity index (χ2n) is 6.65. The number of amides is 2. The third-order valence-corrected chi connectivity index (χ3v) is 4.78. The van der Waals surface area contributed by atoms with Crippen LogP contribution in [0.1, 0.15) is 24.8 Å². The number of likely N-dealkylation sites (tertiary alicyclic amines) is 1. The van der Waals surface area contributed by atoms with Crippen LogP contribution < -0.4 is 0 Å². The summed E-state index contributed by atoms with van der Waals surface area (Å²) in [5.41, 5.74) is 0.961. The molecule has 2 amide bonds. The first-order valence-corrected chi connectivity index (χ1v) is 8.63. The van der Waals surface area contributed by atoms with Gasteiger partial charge in [0.2, 0.25) is 11.8 Å². The van der Waals surface area contributed by atoms with E-state index in [9.17, 15) is 22.8 Å². The zero-order valence-electron chi connectivity index (χ0n) is 14.2. The number of rotatable bonds is 4. The number of carbonyl (C=O) groups excluding carboxylic acids is 2. The topological polar surface area (TPSA) is 49.9 Å². The lowest BCUT2D eigenvalue weighted by molar-refractivity contribution is -0.149. The summed E-state index contributed by atoms with van der Waals surface area (Å²) in [6.45, 7) is 1.09. The van der Waals surface area contributed by atoms with E-state index in [0.717, 1.165) is 5.56 Å². The highest BCUT2D eigenvalue weighted by atomic mass is 19.4. The highest BCUT2D eigenvalue weighted by molar-refractivity contribution is 5.79. The van der Waals surface area contributed by atoms with Crippen LogP contribution in [-0.2, 0) is 20.9 Å². The minimum Gasteiger partial charge on any atom is -0.374 e. The molecule has 0 saturated carbocycles. The SMILES string of the molecule is O=C(CCC(F)(F)F)N1C[C@@H]2OCCC(=O)N(Cc3ccccc3)[C@H]2C1. The van der Waals surface area contributed by atoms with Crippen LogP contribution in [-0.4, -0.2) is 59.6 Å². The lowest BCUT2D eigenvalue weighted by atomic mass is 10.1. The number of benzene rings is 1. The number of alkyl halides is 3. The Balaban J connectivity index is 1.69. The van der Waals surface area contributed by atoms with Crippen molar-refractivity contribution in [3.63, 3.8) is 0 Å². The van der Waals surface area contributed by atoms with Crippen molar-refractivity contribution >= 4 is 11.8 Å². The summed E-state index contributed by atoms with van der Waals surface area (Å²) < 4.78 is 42.8. The molecular weight excluding hydrogens is 349 g/mol. The van der Waals surface area contributed by atoms with E-state index in [0.29, 0.717) is 6.54 Å². The number of halogens is 3. The van der Waals surface area contributed by atoms with Crippen LogP contribution >= 0.6 is 0 Å². The molecule has 0 aromatic heterocycles. The molecule has 2 heterocycles. The van der Waals surface area contributed by atoms with Gasteiger partial charge in [0.25, 0.3) is 0 Å². The summed E-state index contributed by atoms with van der Waals surface area (Å²) >= 11 is 0. The third kappa shape index (κ3) is 4.55. The predicted molar refractivity (Wildman–Crippen MR) is 87.0 cm³/mol. The molecule has 0 radical (unpaired) electrons. The number of hydrogen-bond donors (Lipinski definition) is 0. The Hall–Kier alpha value is -2.09. The van der Waals surface area contributed by atoms with Gasteiger partial charge in [-0.1, -0.05) is 30.3 Å². The smallest absolute Gasteiger partial charge is 0.374 e. The van der Waals surface area contributed by atoms with E-state index in [4.69, 9.17) is 4.74 Å². The van der Waals surface area contributed by atoms with E-state index < -0.39 is 24.9 Å². The molecule has 0 N–H and O–H groups in total. The number of hydrogen-bond acceptors (Lipinski definition) is 3. The van der Waals surface area contributed by atoms with Crippen LogP contribution in [0.3, 0.4) is 0 Å². The number of nitrogens with zero attached hydrogens (tertiary/aromatic N) is 2. The van der Waals surface area contributed by atoms with Crippen molar-refractivity contribution in [1.82, 2.24) is 9.80 Å². The molecule has 0 bridgehead atoms. The van der Waals surface area contributed by atoms with Crippen molar-refractivity contribution in [3.05, 3.63) is 35.9 Å². The molecule has 142 valence electrons. The van der Waals surface area contributed by atoms with Gasteiger partial charge in [0.1, 0.15) is 0 Å². The molecule has 3 rings (SSSR count). The van der Waals surface area contributed by atoms with Gasteiger partial charge in [-0.05, 0) is 5.56 Å². The standard InChI is InChI=1S/C18H21F3N2O3/c19-18(20,21)8-6-16(24)22-11-14-15(12-22)26-9-7-17(25)23(14)10-13-4-2-1-3-5-13/h1-5,14-15H,6-12H2/t14-,15-/m0/s1. The maximum Gasteiger partial charge on any atom is 0.389 e. The fourth-order valence-electron chi connectivity index (χ4n) is 3.44. The molecule has 2 aliphatic heterocycles. The van der Waals surface area contributed by atoms with Crippen molar-refractivity contribution in [1.29, 1.82) is 0 Å². The van der Waals surface area contributed by atoms with Crippen molar-refractivity contribution in [3.8, 4) is 0 Å². The van der Waals surface area contributed by atoms with Gasteiger partial charge in [0.15, 0.2) is 0 Å². The summed E-state index contributed by atoms with van der Waals surface area (Å²) in [6.07, 6.45) is -6.16. The van der Waals surface area contributed by atoms with Gasteiger partial charge in [-0.25, -0.2) is 0 Å². The zero-order valence-corrected chi connectivity index (χ0v) is 14.2. The molecular formula is C18H21F3N2O3. The van der Waals surface area contributed by atoms with Crippen LogP contribution in [0.25, 0.3) is 0 Å². The molecule has 1 aromatic carbocycles. The molecule has 0 unspecified atom stereocenters. The Morgan fingerprint density at radius 1 is 1.19 bits per heavy atom. The Morgan fingerprint density at radius 2 is 1.92 bits per heavy atom. The van der Waals surface area contributed by atoms with Crippen molar-refractivity contribution in [2.45, 2.75) is 44.1 Å². The molecule has 26 heavy (non-hydrogen) atoms. The van der Waals surface area contributed by atoms with Gasteiger partial charge in [0, 0.05) is 26.1 Å². The van der Waals surface area contributed by atoms with Crippen LogP contribution in [0.15, 0.2) is 30.3 Å². The van der Waals surface area contributed by atoms with E-state index in [1.54, 1.807) is 4.90 Å². The quantitative estimate of drug-likeness (QED) is 0.818. The van der Waals surface area contributed by atoms with Crippen LogP contribution in [0.4, 0.5) is 13.2 Å². The zero-order chi connectivity index (χ0) is 18.7. The minimum absolute atomic E-state index is 0.0639. The molecule has 2 fully saturated rings. The molecule has 2 aliphatic rings. The molecule has 8 heteroatoms. The van der Waals surface area contributed by atoms with Gasteiger partial charge >= 0.3 is 6.18 Å². The molecule has 0 aliphatic carbocycles. The van der Waals surface area contributed by atoms with E-state index in [1.807, 2.05) is 30.3 Å². The summed E-state index contributed by atoms with van der Waals surface area (Å²) in [4.78, 5) is 27.7. The Morgan fingerprint density at radius 3 is 2.62 bits per heavy atom.